The van der Waals surface area contributed by atoms with E-state index in [4.69, 9.17) is 23.2 Å². The van der Waals surface area contributed by atoms with Crippen molar-refractivity contribution < 1.29 is 14.7 Å². The molecule has 4 nitrogen and oxygen atoms in total. The molecule has 0 saturated carbocycles. The van der Waals surface area contributed by atoms with Gasteiger partial charge in [0.1, 0.15) is 16.8 Å². The number of carbonyl (C=O) groups excluding carboxylic acids is 1. The molecular formula is C14H16Cl2NO3S+. The summed E-state index contributed by atoms with van der Waals surface area (Å²) in [6.45, 7) is 0. The Bertz CT molecular complexity index is 533. The zero-order valence-electron chi connectivity index (χ0n) is 11.3. The summed E-state index contributed by atoms with van der Waals surface area (Å²) in [6.07, 6.45) is 2.52. The molecule has 1 fully saturated rings. The molecule has 0 spiro atoms. The summed E-state index contributed by atoms with van der Waals surface area (Å²) >= 11 is 11.5. The average Bonchev–Trinajstić information content (AvgIpc) is 2.43. The van der Waals surface area contributed by atoms with E-state index >= 15 is 0 Å². The molecule has 7 heteroatoms. The second-order valence-corrected chi connectivity index (χ2v) is 7.71. The number of nitrogens with one attached hydrogen (secondary N) is 1. The first-order valence-electron chi connectivity index (χ1n) is 6.64. The van der Waals surface area contributed by atoms with Crippen molar-refractivity contribution in [2.45, 2.75) is 30.9 Å². The van der Waals surface area contributed by atoms with Gasteiger partial charge in [-0.05, 0) is 30.5 Å². The minimum absolute atomic E-state index is 0.0638. The lowest BCUT2D eigenvalue weighted by atomic mass is 10.1. The number of aliphatic carboxylic acids is 1. The number of amides is 1. The van der Waals surface area contributed by atoms with Crippen LogP contribution in [-0.2, 0) is 27.1 Å². The highest BCUT2D eigenvalue weighted by molar-refractivity contribution is 7.96. The molecule has 114 valence electrons. The molecule has 1 aliphatic rings. The maximum absolute atomic E-state index is 12.1. The van der Waals surface area contributed by atoms with Crippen LogP contribution in [0.1, 0.15) is 24.8 Å². The lowest BCUT2D eigenvalue weighted by Gasteiger charge is -2.20. The molecule has 2 atom stereocenters. The Balaban J connectivity index is 2.02. The van der Waals surface area contributed by atoms with Crippen molar-refractivity contribution in [1.29, 1.82) is 0 Å². The van der Waals surface area contributed by atoms with Crippen LogP contribution >= 0.6 is 23.2 Å². The van der Waals surface area contributed by atoms with Crippen LogP contribution < -0.4 is 4.72 Å². The van der Waals surface area contributed by atoms with Crippen molar-refractivity contribution in [3.05, 3.63) is 33.8 Å². The van der Waals surface area contributed by atoms with E-state index in [1.54, 1.807) is 18.2 Å². The first kappa shape index (κ1) is 16.5. The summed E-state index contributed by atoms with van der Waals surface area (Å²) in [5, 5.41) is 9.62. The van der Waals surface area contributed by atoms with Crippen LogP contribution in [0.2, 0.25) is 10.0 Å². The van der Waals surface area contributed by atoms with E-state index in [1.807, 2.05) is 0 Å². The number of carbonyl (C=O) groups is 2. The highest BCUT2D eigenvalue weighted by Gasteiger charge is 2.41. The molecule has 2 N–H and O–H groups in total. The van der Waals surface area contributed by atoms with E-state index in [0.29, 0.717) is 22.0 Å². The Labute approximate surface area is 136 Å². The standard InChI is InChI=1S/C14H15Cl2NO3S/c15-10-4-3-5-11(16)9(10)8-13(18)17-21-7-2-1-6-12(21)14(19)20/h3-5,12H,1-2,6-8H2,(H-,17,18,19,20)/p+1. The lowest BCUT2D eigenvalue weighted by Crippen LogP contribution is -2.46. The monoisotopic (exact) mass is 348 g/mol. The van der Waals surface area contributed by atoms with Crippen molar-refractivity contribution in [3.8, 4) is 0 Å². The van der Waals surface area contributed by atoms with Gasteiger partial charge in [0.15, 0.2) is 0 Å². The van der Waals surface area contributed by atoms with Crippen molar-refractivity contribution in [2.24, 2.45) is 0 Å². The minimum Gasteiger partial charge on any atom is -0.477 e. The van der Waals surface area contributed by atoms with Crippen LogP contribution in [0, 0.1) is 0 Å². The maximum Gasteiger partial charge on any atom is 0.359 e. The van der Waals surface area contributed by atoms with E-state index in [-0.39, 0.29) is 12.3 Å². The van der Waals surface area contributed by atoms with Crippen LogP contribution in [0.15, 0.2) is 18.2 Å². The quantitative estimate of drug-likeness (QED) is 0.822. The highest BCUT2D eigenvalue weighted by Crippen LogP contribution is 2.25. The van der Waals surface area contributed by atoms with Crippen LogP contribution in [0.5, 0.6) is 0 Å². The first-order chi connectivity index (χ1) is 9.99. The number of hydrogen-bond acceptors (Lipinski definition) is 2. The van der Waals surface area contributed by atoms with Gasteiger partial charge in [-0.15, -0.1) is 0 Å². The van der Waals surface area contributed by atoms with Gasteiger partial charge in [0.05, 0.1) is 6.42 Å². The van der Waals surface area contributed by atoms with Crippen LogP contribution in [0.4, 0.5) is 0 Å². The van der Waals surface area contributed by atoms with E-state index in [0.717, 1.165) is 18.6 Å². The van der Waals surface area contributed by atoms with Crippen molar-refractivity contribution in [1.82, 2.24) is 4.72 Å². The van der Waals surface area contributed by atoms with Gasteiger partial charge >= 0.3 is 5.97 Å². The van der Waals surface area contributed by atoms with Gasteiger partial charge < -0.3 is 5.11 Å². The van der Waals surface area contributed by atoms with E-state index in [1.165, 1.54) is 0 Å². The number of carboxylic acid groups (broad SMARTS) is 1. The number of carboxylic acids is 1. The first-order valence-corrected chi connectivity index (χ1v) is 8.85. The van der Waals surface area contributed by atoms with Crippen LogP contribution in [-0.4, -0.2) is 28.0 Å². The van der Waals surface area contributed by atoms with Gasteiger partial charge in [0.2, 0.25) is 5.25 Å². The summed E-state index contributed by atoms with van der Waals surface area (Å²) in [4.78, 5) is 23.4. The molecule has 0 radical (unpaired) electrons. The fraction of sp³-hybridized carbons (Fsp3) is 0.429. The summed E-state index contributed by atoms with van der Waals surface area (Å²) in [6, 6.07) is 5.08. The van der Waals surface area contributed by atoms with Crippen molar-refractivity contribution >= 4 is 46.2 Å². The Morgan fingerprint density at radius 2 is 1.95 bits per heavy atom. The molecule has 2 unspecified atom stereocenters. The average molecular weight is 349 g/mol. The number of halogens is 2. The second kappa shape index (κ2) is 7.38. The van der Waals surface area contributed by atoms with Gasteiger partial charge in [0.25, 0.3) is 5.91 Å². The third-order valence-corrected chi connectivity index (χ3v) is 6.39. The van der Waals surface area contributed by atoms with E-state index in [2.05, 4.69) is 4.72 Å². The molecule has 2 rings (SSSR count). The van der Waals surface area contributed by atoms with Gasteiger partial charge in [-0.25, -0.2) is 4.79 Å². The molecule has 1 heterocycles. The number of benzene rings is 1. The Morgan fingerprint density at radius 3 is 2.57 bits per heavy atom. The van der Waals surface area contributed by atoms with Gasteiger partial charge in [-0.3, -0.25) is 4.79 Å². The molecular weight excluding hydrogens is 333 g/mol. The third kappa shape index (κ3) is 4.28. The van der Waals surface area contributed by atoms with Gasteiger partial charge in [0, 0.05) is 16.5 Å². The molecule has 1 saturated heterocycles. The number of rotatable bonds is 4. The molecule has 21 heavy (non-hydrogen) atoms. The highest BCUT2D eigenvalue weighted by atomic mass is 35.5. The fourth-order valence-electron chi connectivity index (χ4n) is 2.28. The molecule has 0 aromatic heterocycles. The van der Waals surface area contributed by atoms with Gasteiger partial charge in [-0.1, -0.05) is 29.3 Å². The Hall–Kier alpha value is -0.910. The normalized spacial score (nSPS) is 21.8. The Morgan fingerprint density at radius 1 is 1.29 bits per heavy atom. The molecule has 1 amide bonds. The summed E-state index contributed by atoms with van der Waals surface area (Å²) in [7, 11) is 0. The largest absolute Gasteiger partial charge is 0.477 e. The van der Waals surface area contributed by atoms with Gasteiger partial charge in [-0.2, -0.15) is 4.72 Å². The minimum atomic E-state index is -0.839. The molecule has 1 aliphatic heterocycles. The summed E-state index contributed by atoms with van der Waals surface area (Å²) in [5.74, 6) is -0.352. The van der Waals surface area contributed by atoms with E-state index in [9.17, 15) is 14.7 Å². The van der Waals surface area contributed by atoms with Crippen LogP contribution in [0.3, 0.4) is 0 Å². The summed E-state index contributed by atoms with van der Waals surface area (Å²) in [5.41, 5.74) is 0.575. The Kier molecular flexibility index (Phi) is 5.79. The molecule has 1 aromatic rings. The molecule has 0 bridgehead atoms. The lowest BCUT2D eigenvalue weighted by molar-refractivity contribution is -0.136. The zero-order valence-corrected chi connectivity index (χ0v) is 13.6. The fourth-order valence-corrected chi connectivity index (χ4v) is 4.92. The molecule has 0 aliphatic carbocycles. The molecule has 1 aromatic carbocycles. The zero-order chi connectivity index (χ0) is 15.4. The SMILES string of the molecule is O=C(Cc1c(Cl)cccc1Cl)N[S+]1CCCCC1C(=O)O. The smallest absolute Gasteiger partial charge is 0.359 e. The summed E-state index contributed by atoms with van der Waals surface area (Å²) < 4.78 is 2.84. The number of hydrogen-bond donors (Lipinski definition) is 2. The predicted molar refractivity (Wildman–Crippen MR) is 85.8 cm³/mol. The van der Waals surface area contributed by atoms with E-state index < -0.39 is 22.3 Å². The topological polar surface area (TPSA) is 66.4 Å². The third-order valence-electron chi connectivity index (χ3n) is 3.34. The van der Waals surface area contributed by atoms with Crippen molar-refractivity contribution in [2.75, 3.05) is 5.75 Å². The van der Waals surface area contributed by atoms with Crippen molar-refractivity contribution in [3.63, 3.8) is 0 Å². The van der Waals surface area contributed by atoms with Crippen LogP contribution in [0.25, 0.3) is 0 Å². The maximum atomic E-state index is 12.1. The second-order valence-electron chi connectivity index (χ2n) is 4.86. The predicted octanol–water partition coefficient (Wildman–Crippen LogP) is 2.82.